The van der Waals surface area contributed by atoms with Crippen LogP contribution in [0.2, 0.25) is 0 Å². The molecule has 0 unspecified atom stereocenters. The van der Waals surface area contributed by atoms with Crippen LogP contribution >= 0.6 is 0 Å². The van der Waals surface area contributed by atoms with Gasteiger partial charge in [0.05, 0.1) is 5.56 Å². The molecule has 164 valence electrons. The van der Waals surface area contributed by atoms with Crippen LogP contribution in [0.25, 0.3) is 10.9 Å². The maximum Gasteiger partial charge on any atom is 0.416 e. The van der Waals surface area contributed by atoms with Gasteiger partial charge in [-0.05, 0) is 57.0 Å². The van der Waals surface area contributed by atoms with E-state index in [0.717, 1.165) is 43.5 Å². The Hall–Kier alpha value is -2.87. The van der Waals surface area contributed by atoms with Crippen molar-refractivity contribution in [2.24, 2.45) is 0 Å². The molecular weight excluding hydrogens is 405 g/mol. The zero-order chi connectivity index (χ0) is 22.0. The molecule has 1 aliphatic rings. The van der Waals surface area contributed by atoms with E-state index in [9.17, 15) is 13.2 Å². The Morgan fingerprint density at radius 2 is 1.77 bits per heavy atom. The van der Waals surface area contributed by atoms with Gasteiger partial charge in [-0.15, -0.1) is 0 Å². The molecule has 1 fully saturated rings. The number of hydrogen-bond donors (Lipinski definition) is 1. The van der Waals surface area contributed by atoms with Crippen LogP contribution in [-0.4, -0.2) is 40.1 Å². The number of para-hydroxylation sites is 1. The van der Waals surface area contributed by atoms with Crippen molar-refractivity contribution in [1.82, 2.24) is 14.9 Å². The van der Waals surface area contributed by atoms with Crippen molar-refractivity contribution in [2.45, 2.75) is 45.0 Å². The van der Waals surface area contributed by atoms with Crippen LogP contribution < -0.4 is 10.1 Å². The Bertz CT molecular complexity index is 1030. The molecule has 0 spiro atoms. The highest BCUT2D eigenvalue weighted by Gasteiger charge is 2.30. The van der Waals surface area contributed by atoms with Crippen molar-refractivity contribution in [3.63, 3.8) is 0 Å². The number of fused-ring (bicyclic) bond motifs is 1. The maximum absolute atomic E-state index is 12.8. The predicted octanol–water partition coefficient (Wildman–Crippen LogP) is 5.64. The monoisotopic (exact) mass is 430 g/mol. The van der Waals surface area contributed by atoms with Gasteiger partial charge >= 0.3 is 6.18 Å². The molecule has 31 heavy (non-hydrogen) atoms. The fraction of sp³-hybridized carbons (Fsp3) is 0.391. The number of nitrogens with one attached hydrogen (secondary N) is 1. The zero-order valence-corrected chi connectivity index (χ0v) is 17.5. The molecule has 5 nitrogen and oxygen atoms in total. The molecule has 1 aromatic heterocycles. The lowest BCUT2D eigenvalue weighted by atomic mass is 10.1. The van der Waals surface area contributed by atoms with Gasteiger partial charge in [-0.1, -0.05) is 12.1 Å². The Morgan fingerprint density at radius 3 is 2.42 bits per heavy atom. The van der Waals surface area contributed by atoms with E-state index in [2.05, 4.69) is 34.0 Å². The van der Waals surface area contributed by atoms with Crippen LogP contribution in [0, 0.1) is 0 Å². The molecule has 3 aromatic rings. The molecule has 1 saturated heterocycles. The van der Waals surface area contributed by atoms with E-state index in [1.54, 1.807) is 6.20 Å². The van der Waals surface area contributed by atoms with Gasteiger partial charge in [0.15, 0.2) is 0 Å². The van der Waals surface area contributed by atoms with E-state index in [1.165, 1.54) is 12.1 Å². The lowest BCUT2D eigenvalue weighted by Crippen LogP contribution is -2.41. The summed E-state index contributed by atoms with van der Waals surface area (Å²) >= 11 is 0. The number of anilines is 2. The average molecular weight is 430 g/mol. The van der Waals surface area contributed by atoms with Crippen molar-refractivity contribution in [2.75, 3.05) is 18.4 Å². The van der Waals surface area contributed by atoms with Crippen molar-refractivity contribution in [3.8, 4) is 5.75 Å². The first kappa shape index (κ1) is 21.4. The Labute approximate surface area is 179 Å². The SMILES string of the molecule is CC(C)N1CCC(Oc2cccc3cnc(Nc4ccc(C(F)(F)F)cc4)nc23)CC1. The summed E-state index contributed by atoms with van der Waals surface area (Å²) in [5, 5.41) is 3.81. The maximum atomic E-state index is 12.8. The van der Waals surface area contributed by atoms with E-state index in [1.807, 2.05) is 18.2 Å². The van der Waals surface area contributed by atoms with Gasteiger partial charge in [0.1, 0.15) is 17.4 Å². The molecule has 0 bridgehead atoms. The molecule has 2 heterocycles. The van der Waals surface area contributed by atoms with Gasteiger partial charge in [0, 0.05) is 36.4 Å². The summed E-state index contributed by atoms with van der Waals surface area (Å²) in [5.41, 5.74) is 0.460. The minimum Gasteiger partial charge on any atom is -0.488 e. The highest BCUT2D eigenvalue weighted by molar-refractivity contribution is 5.85. The highest BCUT2D eigenvalue weighted by Crippen LogP contribution is 2.31. The summed E-state index contributed by atoms with van der Waals surface area (Å²) in [6, 6.07) is 11.0. The van der Waals surface area contributed by atoms with Gasteiger partial charge in [0.2, 0.25) is 5.95 Å². The lowest BCUT2D eigenvalue weighted by Gasteiger charge is -2.34. The molecule has 0 saturated carbocycles. The van der Waals surface area contributed by atoms with Crippen LogP contribution in [0.1, 0.15) is 32.3 Å². The van der Waals surface area contributed by atoms with Crippen LogP contribution in [-0.2, 0) is 6.18 Å². The standard InChI is InChI=1S/C23H25F3N4O/c1-15(2)30-12-10-19(11-13-30)31-20-5-3-4-16-14-27-22(29-21(16)20)28-18-8-6-17(7-9-18)23(24,25)26/h3-9,14-15,19H,10-13H2,1-2H3,(H,27,28,29). The molecule has 8 heteroatoms. The molecular formula is C23H25F3N4O. The Balaban J connectivity index is 1.51. The fourth-order valence-electron chi connectivity index (χ4n) is 3.75. The Morgan fingerprint density at radius 1 is 1.06 bits per heavy atom. The molecule has 1 aliphatic heterocycles. The number of nitrogens with zero attached hydrogens (tertiary/aromatic N) is 3. The number of rotatable bonds is 5. The minimum atomic E-state index is -4.37. The van der Waals surface area contributed by atoms with Crippen LogP contribution in [0.4, 0.5) is 24.8 Å². The van der Waals surface area contributed by atoms with Crippen LogP contribution in [0.5, 0.6) is 5.75 Å². The van der Waals surface area contributed by atoms with Crippen molar-refractivity contribution in [1.29, 1.82) is 0 Å². The van der Waals surface area contributed by atoms with Gasteiger partial charge < -0.3 is 15.0 Å². The zero-order valence-electron chi connectivity index (χ0n) is 17.5. The molecule has 0 atom stereocenters. The molecule has 0 amide bonds. The van der Waals surface area contributed by atoms with Crippen molar-refractivity contribution >= 4 is 22.5 Å². The second kappa shape index (κ2) is 8.70. The number of ether oxygens (including phenoxy) is 1. The summed E-state index contributed by atoms with van der Waals surface area (Å²) in [7, 11) is 0. The second-order valence-corrected chi connectivity index (χ2v) is 8.03. The van der Waals surface area contributed by atoms with Gasteiger partial charge in [-0.25, -0.2) is 9.97 Å². The van der Waals surface area contributed by atoms with E-state index in [0.29, 0.717) is 28.9 Å². The van der Waals surface area contributed by atoms with Gasteiger partial charge in [-0.3, -0.25) is 0 Å². The number of aromatic nitrogens is 2. The van der Waals surface area contributed by atoms with E-state index in [-0.39, 0.29) is 6.10 Å². The van der Waals surface area contributed by atoms with Crippen LogP contribution in [0.15, 0.2) is 48.7 Å². The summed E-state index contributed by atoms with van der Waals surface area (Å²) in [5.74, 6) is 0.997. The molecule has 2 aromatic carbocycles. The minimum absolute atomic E-state index is 0.127. The molecule has 1 N–H and O–H groups in total. The Kier molecular flexibility index (Phi) is 6.00. The van der Waals surface area contributed by atoms with Gasteiger partial charge in [-0.2, -0.15) is 13.2 Å². The lowest BCUT2D eigenvalue weighted by molar-refractivity contribution is -0.137. The van der Waals surface area contributed by atoms with Crippen molar-refractivity contribution in [3.05, 3.63) is 54.2 Å². The van der Waals surface area contributed by atoms with Crippen LogP contribution in [0.3, 0.4) is 0 Å². The third kappa shape index (κ3) is 5.07. The number of halogens is 3. The molecule has 4 rings (SSSR count). The highest BCUT2D eigenvalue weighted by atomic mass is 19.4. The van der Waals surface area contributed by atoms with E-state index < -0.39 is 11.7 Å². The number of piperidine rings is 1. The summed E-state index contributed by atoms with van der Waals surface area (Å²) < 4.78 is 44.6. The topological polar surface area (TPSA) is 50.3 Å². The predicted molar refractivity (Wildman–Crippen MR) is 115 cm³/mol. The molecule has 0 radical (unpaired) electrons. The normalized spacial score (nSPS) is 16.1. The van der Waals surface area contributed by atoms with Gasteiger partial charge in [0.25, 0.3) is 0 Å². The van der Waals surface area contributed by atoms with E-state index in [4.69, 9.17) is 4.74 Å². The first-order valence-electron chi connectivity index (χ1n) is 10.4. The summed E-state index contributed by atoms with van der Waals surface area (Å²) in [4.78, 5) is 11.3. The number of alkyl halides is 3. The first-order chi connectivity index (χ1) is 14.8. The van der Waals surface area contributed by atoms with E-state index >= 15 is 0 Å². The number of hydrogen-bond acceptors (Lipinski definition) is 5. The third-order valence-corrected chi connectivity index (χ3v) is 5.54. The number of benzene rings is 2. The largest absolute Gasteiger partial charge is 0.488 e. The summed E-state index contributed by atoms with van der Waals surface area (Å²) in [6.07, 6.45) is -0.646. The fourth-order valence-corrected chi connectivity index (χ4v) is 3.75. The second-order valence-electron chi connectivity index (χ2n) is 8.03. The first-order valence-corrected chi connectivity index (χ1v) is 10.4. The molecule has 0 aliphatic carbocycles. The number of likely N-dealkylation sites (tertiary alicyclic amines) is 1. The smallest absolute Gasteiger partial charge is 0.416 e. The third-order valence-electron chi connectivity index (χ3n) is 5.54. The van der Waals surface area contributed by atoms with Crippen molar-refractivity contribution < 1.29 is 17.9 Å². The average Bonchev–Trinajstić information content (AvgIpc) is 2.74. The quantitative estimate of drug-likeness (QED) is 0.567. The summed E-state index contributed by atoms with van der Waals surface area (Å²) in [6.45, 7) is 6.41.